The van der Waals surface area contributed by atoms with Crippen LogP contribution in [0.5, 0.6) is 0 Å². The van der Waals surface area contributed by atoms with E-state index in [2.05, 4.69) is 0 Å². The lowest BCUT2D eigenvalue weighted by atomic mass is 9.89. The largest absolute Gasteiger partial charge is 0.443 e. The van der Waals surface area contributed by atoms with Gasteiger partial charge in [-0.1, -0.05) is 30.3 Å². The Labute approximate surface area is 87.4 Å². The van der Waals surface area contributed by atoms with Crippen LogP contribution in [0.15, 0.2) is 42.5 Å². The fourth-order valence-corrected chi connectivity index (χ4v) is 1.55. The highest BCUT2D eigenvalue weighted by molar-refractivity contribution is 6.05. The molecule has 1 aliphatic heterocycles. The summed E-state index contributed by atoms with van der Waals surface area (Å²) in [5.74, 6) is -0.700. The van der Waals surface area contributed by atoms with Crippen molar-refractivity contribution in [2.24, 2.45) is 0 Å². The van der Waals surface area contributed by atoms with Gasteiger partial charge in [-0.05, 0) is 13.0 Å². The van der Waals surface area contributed by atoms with Gasteiger partial charge in [-0.2, -0.15) is 0 Å². The van der Waals surface area contributed by atoms with E-state index in [1.807, 2.05) is 6.07 Å². The summed E-state index contributed by atoms with van der Waals surface area (Å²) in [6.07, 6.45) is 2.41. The number of rotatable bonds is 1. The zero-order valence-corrected chi connectivity index (χ0v) is 8.27. The molecule has 1 aromatic carbocycles. The molecule has 0 spiro atoms. The number of ketones is 1. The average molecular weight is 202 g/mol. The Morgan fingerprint density at radius 3 is 2.40 bits per heavy atom. The van der Waals surface area contributed by atoms with Crippen molar-refractivity contribution in [3.05, 3.63) is 48.0 Å². The first-order chi connectivity index (χ1) is 7.13. The number of hydrogen-bond acceptors (Lipinski definition) is 3. The highest BCUT2D eigenvalue weighted by Crippen LogP contribution is 2.29. The molecule has 0 saturated heterocycles. The van der Waals surface area contributed by atoms with Crippen LogP contribution in [0.3, 0.4) is 0 Å². The van der Waals surface area contributed by atoms with Gasteiger partial charge in [-0.3, -0.25) is 4.79 Å². The Morgan fingerprint density at radius 1 is 1.07 bits per heavy atom. The lowest BCUT2D eigenvalue weighted by molar-refractivity contribution is -0.162. The molecular weight excluding hydrogens is 192 g/mol. The molecule has 2 rings (SSSR count). The van der Waals surface area contributed by atoms with Crippen LogP contribution in [0.1, 0.15) is 12.5 Å². The maximum atomic E-state index is 11.7. The molecule has 0 saturated carbocycles. The van der Waals surface area contributed by atoms with Crippen molar-refractivity contribution >= 4 is 11.8 Å². The van der Waals surface area contributed by atoms with Crippen molar-refractivity contribution in [2.45, 2.75) is 12.5 Å². The maximum Gasteiger partial charge on any atom is 0.332 e. The van der Waals surface area contributed by atoms with Gasteiger partial charge < -0.3 is 4.74 Å². The molecule has 0 bridgehead atoms. The second-order valence-corrected chi connectivity index (χ2v) is 3.52. The number of esters is 1. The Balaban J connectivity index is 2.47. The topological polar surface area (TPSA) is 43.4 Å². The first-order valence-electron chi connectivity index (χ1n) is 4.64. The smallest absolute Gasteiger partial charge is 0.332 e. The van der Waals surface area contributed by atoms with Crippen LogP contribution in [-0.2, 0) is 19.9 Å². The van der Waals surface area contributed by atoms with Crippen LogP contribution < -0.4 is 0 Å². The van der Waals surface area contributed by atoms with Crippen molar-refractivity contribution in [1.29, 1.82) is 0 Å². The first-order valence-corrected chi connectivity index (χ1v) is 4.64. The molecule has 15 heavy (non-hydrogen) atoms. The Hall–Kier alpha value is -1.90. The zero-order valence-electron chi connectivity index (χ0n) is 8.27. The van der Waals surface area contributed by atoms with Gasteiger partial charge in [-0.15, -0.1) is 0 Å². The molecule has 0 radical (unpaired) electrons. The normalized spacial score (nSPS) is 25.1. The van der Waals surface area contributed by atoms with Crippen molar-refractivity contribution in [1.82, 2.24) is 0 Å². The summed E-state index contributed by atoms with van der Waals surface area (Å²) in [7, 11) is 0. The van der Waals surface area contributed by atoms with E-state index in [9.17, 15) is 9.59 Å². The third kappa shape index (κ3) is 1.56. The van der Waals surface area contributed by atoms with Gasteiger partial charge >= 0.3 is 5.97 Å². The van der Waals surface area contributed by atoms with Crippen molar-refractivity contribution < 1.29 is 14.3 Å². The number of carbonyl (C=O) groups excluding carboxylic acids is 2. The van der Waals surface area contributed by atoms with Gasteiger partial charge in [0.15, 0.2) is 5.60 Å². The van der Waals surface area contributed by atoms with Crippen molar-refractivity contribution in [2.75, 3.05) is 0 Å². The van der Waals surface area contributed by atoms with Gasteiger partial charge in [-0.25, -0.2) is 4.79 Å². The molecule has 0 N–H and O–H groups in total. The van der Waals surface area contributed by atoms with E-state index in [0.717, 1.165) is 6.08 Å². The maximum absolute atomic E-state index is 11.7. The van der Waals surface area contributed by atoms with E-state index in [1.54, 1.807) is 31.2 Å². The molecule has 1 aliphatic rings. The van der Waals surface area contributed by atoms with E-state index in [-0.39, 0.29) is 5.78 Å². The standard InChI is InChI=1S/C12H10O3/c1-12(9-5-3-2-4-6-9)10(13)7-8-11(14)15-12/h2-8H,1H3. The number of benzene rings is 1. The molecule has 0 aliphatic carbocycles. The van der Waals surface area contributed by atoms with Gasteiger partial charge in [0.05, 0.1) is 0 Å². The molecule has 3 nitrogen and oxygen atoms in total. The fraction of sp³-hybridized carbons (Fsp3) is 0.167. The Bertz CT molecular complexity index is 433. The molecule has 1 heterocycles. The summed E-state index contributed by atoms with van der Waals surface area (Å²) in [6.45, 7) is 1.60. The first kappa shape index (κ1) is 9.65. The van der Waals surface area contributed by atoms with Crippen molar-refractivity contribution in [3.63, 3.8) is 0 Å². The second kappa shape index (κ2) is 3.35. The minimum atomic E-state index is -1.17. The van der Waals surface area contributed by atoms with Crippen LogP contribution in [0.25, 0.3) is 0 Å². The van der Waals surface area contributed by atoms with Crippen LogP contribution in [-0.4, -0.2) is 11.8 Å². The number of hydrogen-bond donors (Lipinski definition) is 0. The molecule has 76 valence electrons. The molecule has 1 unspecified atom stereocenters. The summed E-state index contributed by atoms with van der Waals surface area (Å²) in [6, 6.07) is 8.99. The predicted octanol–water partition coefficient (Wildman–Crippen LogP) is 1.58. The molecule has 3 heteroatoms. The summed E-state index contributed by atoms with van der Waals surface area (Å²) < 4.78 is 5.10. The van der Waals surface area contributed by atoms with Crippen LogP contribution >= 0.6 is 0 Å². The average Bonchev–Trinajstić information content (AvgIpc) is 2.25. The van der Waals surface area contributed by atoms with E-state index in [4.69, 9.17) is 4.74 Å². The third-order valence-electron chi connectivity index (χ3n) is 2.47. The fourth-order valence-electron chi connectivity index (χ4n) is 1.55. The summed E-state index contributed by atoms with van der Waals surface area (Å²) in [5.41, 5.74) is -0.486. The van der Waals surface area contributed by atoms with Crippen molar-refractivity contribution in [3.8, 4) is 0 Å². The van der Waals surface area contributed by atoms with E-state index in [1.165, 1.54) is 6.08 Å². The molecule has 1 aromatic rings. The van der Waals surface area contributed by atoms with Gasteiger partial charge in [0.2, 0.25) is 5.78 Å². The summed E-state index contributed by atoms with van der Waals surface area (Å²) in [5, 5.41) is 0. The minimum absolute atomic E-state index is 0.215. The van der Waals surface area contributed by atoms with Gasteiger partial charge in [0.1, 0.15) is 0 Å². The highest BCUT2D eigenvalue weighted by Gasteiger charge is 2.39. The summed E-state index contributed by atoms with van der Waals surface area (Å²) >= 11 is 0. The van der Waals surface area contributed by atoms with Crippen LogP contribution in [0.2, 0.25) is 0 Å². The zero-order chi connectivity index (χ0) is 10.9. The minimum Gasteiger partial charge on any atom is -0.443 e. The highest BCUT2D eigenvalue weighted by atomic mass is 16.6. The predicted molar refractivity (Wildman–Crippen MR) is 54.0 cm³/mol. The third-order valence-corrected chi connectivity index (χ3v) is 2.47. The number of ether oxygens (including phenoxy) is 1. The number of carbonyl (C=O) groups is 2. The van der Waals surface area contributed by atoms with Crippen LogP contribution in [0.4, 0.5) is 0 Å². The molecule has 0 fully saturated rings. The van der Waals surface area contributed by atoms with E-state index < -0.39 is 11.6 Å². The quantitative estimate of drug-likeness (QED) is 0.649. The molecule has 1 atom stereocenters. The second-order valence-electron chi connectivity index (χ2n) is 3.52. The van der Waals surface area contributed by atoms with E-state index >= 15 is 0 Å². The molecule has 0 aromatic heterocycles. The van der Waals surface area contributed by atoms with E-state index in [0.29, 0.717) is 5.56 Å². The molecule has 0 amide bonds. The molecular formula is C12H10O3. The Kier molecular flexibility index (Phi) is 2.15. The van der Waals surface area contributed by atoms with Gasteiger partial charge in [0, 0.05) is 11.6 Å². The monoisotopic (exact) mass is 202 g/mol. The van der Waals surface area contributed by atoms with Crippen LogP contribution in [0, 0.1) is 0 Å². The Morgan fingerprint density at radius 2 is 1.73 bits per heavy atom. The van der Waals surface area contributed by atoms with Gasteiger partial charge in [0.25, 0.3) is 0 Å². The SMILES string of the molecule is CC1(c2ccccc2)OC(=O)C=CC1=O. The lowest BCUT2D eigenvalue weighted by Gasteiger charge is -2.29. The summed E-state index contributed by atoms with van der Waals surface area (Å²) in [4.78, 5) is 22.8. The lowest BCUT2D eigenvalue weighted by Crippen LogP contribution is -2.39. The number of cyclic esters (lactones) is 1.